The van der Waals surface area contributed by atoms with E-state index in [1.54, 1.807) is 6.92 Å². The third-order valence-corrected chi connectivity index (χ3v) is 4.25. The van der Waals surface area contributed by atoms with Crippen molar-refractivity contribution in [2.24, 2.45) is 5.73 Å². The maximum absolute atomic E-state index is 11.4. The number of carbonyl (C=O) groups excluding carboxylic acids is 1. The van der Waals surface area contributed by atoms with E-state index in [1.807, 2.05) is 11.8 Å². The van der Waals surface area contributed by atoms with Crippen molar-refractivity contribution in [3.05, 3.63) is 0 Å². The van der Waals surface area contributed by atoms with Crippen LogP contribution >= 0.6 is 11.8 Å². The van der Waals surface area contributed by atoms with E-state index in [0.29, 0.717) is 17.8 Å². The maximum Gasteiger partial charge on any atom is 0.325 e. The Morgan fingerprint density at radius 1 is 1.71 bits per heavy atom. The van der Waals surface area contributed by atoms with Crippen LogP contribution in [0.15, 0.2) is 0 Å². The Balaban J connectivity index is 2.27. The van der Waals surface area contributed by atoms with E-state index in [9.17, 15) is 4.79 Å². The molecule has 1 heterocycles. The van der Waals surface area contributed by atoms with E-state index in [-0.39, 0.29) is 5.97 Å². The summed E-state index contributed by atoms with van der Waals surface area (Å²) in [6, 6.07) is 0. The zero-order valence-electron chi connectivity index (χ0n) is 10.9. The SMILES string of the molecule is COC(=O)C(C)(N)CC(C)SCC1CCCO1. The summed E-state index contributed by atoms with van der Waals surface area (Å²) in [6.07, 6.45) is 3.31. The fraction of sp³-hybridized carbons (Fsp3) is 0.917. The van der Waals surface area contributed by atoms with Crippen LogP contribution in [0.25, 0.3) is 0 Å². The van der Waals surface area contributed by atoms with Gasteiger partial charge in [-0.25, -0.2) is 0 Å². The zero-order chi connectivity index (χ0) is 12.9. The van der Waals surface area contributed by atoms with Crippen LogP contribution in [0.1, 0.15) is 33.1 Å². The van der Waals surface area contributed by atoms with Gasteiger partial charge in [-0.05, 0) is 26.2 Å². The van der Waals surface area contributed by atoms with E-state index in [2.05, 4.69) is 6.92 Å². The van der Waals surface area contributed by atoms with Crippen molar-refractivity contribution in [3.8, 4) is 0 Å². The van der Waals surface area contributed by atoms with Gasteiger partial charge in [0, 0.05) is 17.6 Å². The lowest BCUT2D eigenvalue weighted by atomic mass is 9.98. The van der Waals surface area contributed by atoms with Crippen LogP contribution in [-0.4, -0.2) is 42.3 Å². The molecule has 5 heteroatoms. The third kappa shape index (κ3) is 4.85. The Kier molecular flexibility index (Phi) is 5.76. The summed E-state index contributed by atoms with van der Waals surface area (Å²) in [5.41, 5.74) is 5.05. The third-order valence-electron chi connectivity index (χ3n) is 2.95. The molecular weight excluding hydrogens is 238 g/mol. The van der Waals surface area contributed by atoms with Crippen molar-refractivity contribution in [2.45, 2.75) is 50.0 Å². The van der Waals surface area contributed by atoms with Crippen molar-refractivity contribution in [1.82, 2.24) is 0 Å². The minimum atomic E-state index is -0.891. The lowest BCUT2D eigenvalue weighted by Crippen LogP contribution is -2.47. The van der Waals surface area contributed by atoms with Gasteiger partial charge in [0.25, 0.3) is 0 Å². The monoisotopic (exact) mass is 261 g/mol. The first-order valence-electron chi connectivity index (χ1n) is 6.06. The molecule has 0 spiro atoms. The van der Waals surface area contributed by atoms with Gasteiger partial charge in [-0.15, -0.1) is 0 Å². The molecule has 1 rings (SSSR count). The predicted octanol–water partition coefficient (Wildman–Crippen LogP) is 1.57. The molecule has 0 bridgehead atoms. The van der Waals surface area contributed by atoms with Crippen LogP contribution in [-0.2, 0) is 14.3 Å². The first-order valence-corrected chi connectivity index (χ1v) is 7.11. The standard InChI is InChI=1S/C12H23NO3S/c1-9(7-12(2,13)11(14)15-3)17-8-10-5-4-6-16-10/h9-10H,4-8,13H2,1-3H3. The van der Waals surface area contributed by atoms with Gasteiger partial charge in [0.05, 0.1) is 13.2 Å². The summed E-state index contributed by atoms with van der Waals surface area (Å²) in [5, 5.41) is 0.327. The predicted molar refractivity (Wildman–Crippen MR) is 70.1 cm³/mol. The van der Waals surface area contributed by atoms with Crippen LogP contribution in [0.4, 0.5) is 0 Å². The summed E-state index contributed by atoms with van der Waals surface area (Å²) < 4.78 is 10.3. The zero-order valence-corrected chi connectivity index (χ0v) is 11.7. The van der Waals surface area contributed by atoms with Crippen molar-refractivity contribution in [2.75, 3.05) is 19.5 Å². The van der Waals surface area contributed by atoms with Gasteiger partial charge in [-0.2, -0.15) is 11.8 Å². The second-order valence-corrected chi connectivity index (χ2v) is 6.36. The number of thioether (sulfide) groups is 1. The van der Waals surface area contributed by atoms with Gasteiger partial charge in [0.1, 0.15) is 5.54 Å². The number of rotatable bonds is 6. The van der Waals surface area contributed by atoms with Crippen molar-refractivity contribution in [3.63, 3.8) is 0 Å². The second kappa shape index (κ2) is 6.61. The number of methoxy groups -OCH3 is 1. The summed E-state index contributed by atoms with van der Waals surface area (Å²) in [7, 11) is 1.37. The molecule has 0 amide bonds. The average molecular weight is 261 g/mol. The highest BCUT2D eigenvalue weighted by Crippen LogP contribution is 2.25. The summed E-state index contributed by atoms with van der Waals surface area (Å²) in [4.78, 5) is 11.4. The molecule has 3 atom stereocenters. The Hall–Kier alpha value is -0.260. The van der Waals surface area contributed by atoms with Crippen LogP contribution < -0.4 is 5.73 Å². The van der Waals surface area contributed by atoms with E-state index in [1.165, 1.54) is 7.11 Å². The molecule has 0 aliphatic carbocycles. The molecule has 0 radical (unpaired) electrons. The van der Waals surface area contributed by atoms with Crippen molar-refractivity contribution < 1.29 is 14.3 Å². The summed E-state index contributed by atoms with van der Waals surface area (Å²) >= 11 is 1.82. The van der Waals surface area contributed by atoms with Gasteiger partial charge in [0.2, 0.25) is 0 Å². The fourth-order valence-corrected chi connectivity index (χ4v) is 3.29. The molecule has 2 N–H and O–H groups in total. The molecule has 0 saturated carbocycles. The summed E-state index contributed by atoms with van der Waals surface area (Å²) in [6.45, 7) is 4.70. The molecule has 1 aliphatic rings. The molecule has 3 unspecified atom stereocenters. The Morgan fingerprint density at radius 3 is 2.94 bits per heavy atom. The smallest absolute Gasteiger partial charge is 0.325 e. The number of hydrogen-bond acceptors (Lipinski definition) is 5. The Morgan fingerprint density at radius 2 is 2.41 bits per heavy atom. The van der Waals surface area contributed by atoms with E-state index in [4.69, 9.17) is 15.2 Å². The molecule has 17 heavy (non-hydrogen) atoms. The molecule has 1 saturated heterocycles. The van der Waals surface area contributed by atoms with E-state index >= 15 is 0 Å². The van der Waals surface area contributed by atoms with Gasteiger partial charge < -0.3 is 15.2 Å². The Bertz CT molecular complexity index is 252. The number of nitrogens with two attached hydrogens (primary N) is 1. The van der Waals surface area contributed by atoms with Gasteiger partial charge >= 0.3 is 5.97 Å². The minimum absolute atomic E-state index is 0.327. The van der Waals surface area contributed by atoms with Crippen LogP contribution in [0.5, 0.6) is 0 Å². The van der Waals surface area contributed by atoms with E-state index < -0.39 is 5.54 Å². The van der Waals surface area contributed by atoms with Gasteiger partial charge in [-0.3, -0.25) is 4.79 Å². The average Bonchev–Trinajstić information content (AvgIpc) is 2.77. The number of ether oxygens (including phenoxy) is 2. The number of esters is 1. The normalized spacial score (nSPS) is 25.3. The Labute approximate surface area is 108 Å². The van der Waals surface area contributed by atoms with E-state index in [0.717, 1.165) is 25.2 Å². The molecule has 4 nitrogen and oxygen atoms in total. The highest BCUT2D eigenvalue weighted by Gasteiger charge is 2.31. The number of hydrogen-bond donors (Lipinski definition) is 1. The lowest BCUT2D eigenvalue weighted by Gasteiger charge is -2.25. The van der Waals surface area contributed by atoms with Crippen LogP contribution in [0.3, 0.4) is 0 Å². The van der Waals surface area contributed by atoms with Crippen LogP contribution in [0.2, 0.25) is 0 Å². The first-order chi connectivity index (χ1) is 7.95. The quantitative estimate of drug-likeness (QED) is 0.735. The van der Waals surface area contributed by atoms with Crippen LogP contribution in [0, 0.1) is 0 Å². The summed E-state index contributed by atoms with van der Waals surface area (Å²) in [5.74, 6) is 0.639. The highest BCUT2D eigenvalue weighted by atomic mass is 32.2. The molecule has 0 aromatic heterocycles. The topological polar surface area (TPSA) is 61.5 Å². The molecular formula is C12H23NO3S. The van der Waals surface area contributed by atoms with Gasteiger partial charge in [0.15, 0.2) is 0 Å². The van der Waals surface area contributed by atoms with Crippen molar-refractivity contribution >= 4 is 17.7 Å². The van der Waals surface area contributed by atoms with Crippen molar-refractivity contribution in [1.29, 1.82) is 0 Å². The number of carbonyl (C=O) groups is 1. The molecule has 1 aliphatic heterocycles. The molecule has 0 aromatic carbocycles. The molecule has 100 valence electrons. The maximum atomic E-state index is 11.4. The highest BCUT2D eigenvalue weighted by molar-refractivity contribution is 7.99. The lowest BCUT2D eigenvalue weighted by molar-refractivity contribution is -0.146. The minimum Gasteiger partial charge on any atom is -0.468 e. The second-order valence-electron chi connectivity index (χ2n) is 4.89. The molecule has 0 aromatic rings. The molecule has 1 fully saturated rings. The fourth-order valence-electron chi connectivity index (χ4n) is 2.02. The van der Waals surface area contributed by atoms with Gasteiger partial charge in [-0.1, -0.05) is 6.92 Å². The first kappa shape index (κ1) is 14.8. The largest absolute Gasteiger partial charge is 0.468 e.